The molecule has 136 valence electrons. The van der Waals surface area contributed by atoms with E-state index in [1.165, 1.54) is 30.2 Å². The topological polar surface area (TPSA) is 56.4 Å². The summed E-state index contributed by atoms with van der Waals surface area (Å²) >= 11 is 2.04. The van der Waals surface area contributed by atoms with Crippen molar-refractivity contribution in [1.29, 1.82) is 0 Å². The van der Waals surface area contributed by atoms with E-state index >= 15 is 0 Å². The minimum atomic E-state index is 0.0725. The second kappa shape index (κ2) is 8.08. The van der Waals surface area contributed by atoms with Crippen molar-refractivity contribution in [2.75, 3.05) is 31.1 Å². The lowest BCUT2D eigenvalue weighted by Gasteiger charge is -2.31. The molecule has 3 N–H and O–H groups in total. The molecule has 1 saturated carbocycles. The van der Waals surface area contributed by atoms with Gasteiger partial charge in [-0.1, -0.05) is 12.1 Å². The Morgan fingerprint density at radius 1 is 1.20 bits per heavy atom. The van der Waals surface area contributed by atoms with E-state index in [2.05, 4.69) is 33.2 Å². The van der Waals surface area contributed by atoms with Gasteiger partial charge in [-0.2, -0.15) is 11.8 Å². The zero-order valence-electron chi connectivity index (χ0n) is 14.7. The molecule has 1 amide bonds. The van der Waals surface area contributed by atoms with Gasteiger partial charge in [0.05, 0.1) is 0 Å². The molecular formula is C19H28N4OS. The van der Waals surface area contributed by atoms with Gasteiger partial charge in [0.15, 0.2) is 0 Å². The van der Waals surface area contributed by atoms with E-state index in [9.17, 15) is 4.79 Å². The summed E-state index contributed by atoms with van der Waals surface area (Å²) in [4.78, 5) is 15.0. The standard InChI is InChI=1S/C19H28N4OS/c24-19(21-17-5-6-18-16(11-17)12-20-22-18)15-3-1-14(2-4-15)13-23-7-9-25-10-8-23/h1-4,16-18,20,22H,5-13H2,(H,21,24). The van der Waals surface area contributed by atoms with Gasteiger partial charge in [0.2, 0.25) is 0 Å². The molecule has 0 aromatic heterocycles. The monoisotopic (exact) mass is 360 g/mol. The first kappa shape index (κ1) is 17.3. The highest BCUT2D eigenvalue weighted by Gasteiger charge is 2.34. The van der Waals surface area contributed by atoms with Gasteiger partial charge in [-0.25, -0.2) is 0 Å². The van der Waals surface area contributed by atoms with Gasteiger partial charge in [0.1, 0.15) is 0 Å². The normalized spacial score (nSPS) is 30.0. The van der Waals surface area contributed by atoms with Crippen LogP contribution in [-0.2, 0) is 6.54 Å². The van der Waals surface area contributed by atoms with E-state index in [4.69, 9.17) is 0 Å². The second-order valence-electron chi connectivity index (χ2n) is 7.46. The Bertz CT molecular complexity index is 588. The summed E-state index contributed by atoms with van der Waals surface area (Å²) in [6, 6.07) is 9.07. The summed E-state index contributed by atoms with van der Waals surface area (Å²) < 4.78 is 0. The number of carbonyl (C=O) groups is 1. The molecule has 3 fully saturated rings. The molecule has 0 spiro atoms. The second-order valence-corrected chi connectivity index (χ2v) is 8.69. The number of amides is 1. The van der Waals surface area contributed by atoms with Gasteiger partial charge >= 0.3 is 0 Å². The Kier molecular flexibility index (Phi) is 5.60. The first-order valence-corrected chi connectivity index (χ1v) is 10.6. The molecule has 2 heterocycles. The third-order valence-corrected chi connectivity index (χ3v) is 6.64. The molecule has 1 aliphatic carbocycles. The number of rotatable bonds is 4. The fourth-order valence-electron chi connectivity index (χ4n) is 4.18. The van der Waals surface area contributed by atoms with Crippen LogP contribution >= 0.6 is 11.8 Å². The predicted molar refractivity (Wildman–Crippen MR) is 103 cm³/mol. The number of carbonyl (C=O) groups excluding carboxylic acids is 1. The maximum absolute atomic E-state index is 12.6. The van der Waals surface area contributed by atoms with Gasteiger partial charge in [-0.15, -0.1) is 0 Å². The average molecular weight is 361 g/mol. The number of hydrogen-bond donors (Lipinski definition) is 3. The Labute approximate surface area is 154 Å². The Balaban J connectivity index is 1.29. The van der Waals surface area contributed by atoms with Gasteiger partial charge in [-0.3, -0.25) is 20.5 Å². The molecule has 3 atom stereocenters. The highest BCUT2D eigenvalue weighted by molar-refractivity contribution is 7.99. The van der Waals surface area contributed by atoms with Gasteiger partial charge in [0.25, 0.3) is 5.91 Å². The minimum absolute atomic E-state index is 0.0725. The summed E-state index contributed by atoms with van der Waals surface area (Å²) in [5, 5.41) is 3.24. The number of nitrogens with one attached hydrogen (secondary N) is 3. The average Bonchev–Trinajstić information content (AvgIpc) is 3.11. The van der Waals surface area contributed by atoms with Crippen LogP contribution in [0.2, 0.25) is 0 Å². The molecule has 3 aliphatic rings. The summed E-state index contributed by atoms with van der Waals surface area (Å²) in [5.74, 6) is 3.18. The van der Waals surface area contributed by atoms with Crippen LogP contribution in [0, 0.1) is 5.92 Å². The number of thioether (sulfide) groups is 1. The van der Waals surface area contributed by atoms with E-state index in [-0.39, 0.29) is 5.91 Å². The van der Waals surface area contributed by atoms with Crippen molar-refractivity contribution in [3.63, 3.8) is 0 Å². The maximum atomic E-state index is 12.6. The lowest BCUT2D eigenvalue weighted by molar-refractivity contribution is 0.0918. The van der Waals surface area contributed by atoms with Crippen LogP contribution in [0.1, 0.15) is 35.2 Å². The largest absolute Gasteiger partial charge is 0.349 e. The number of hydrazine groups is 1. The molecule has 0 bridgehead atoms. The Morgan fingerprint density at radius 3 is 2.80 bits per heavy atom. The quantitative estimate of drug-likeness (QED) is 0.762. The van der Waals surface area contributed by atoms with Crippen LogP contribution < -0.4 is 16.2 Å². The van der Waals surface area contributed by atoms with Crippen molar-refractivity contribution >= 4 is 17.7 Å². The minimum Gasteiger partial charge on any atom is -0.349 e. The molecule has 2 aliphatic heterocycles. The summed E-state index contributed by atoms with van der Waals surface area (Å²) in [6.45, 7) is 4.34. The van der Waals surface area contributed by atoms with Crippen LogP contribution in [0.25, 0.3) is 0 Å². The molecule has 5 nitrogen and oxygen atoms in total. The molecule has 1 aromatic rings. The van der Waals surface area contributed by atoms with Crippen LogP contribution in [0.3, 0.4) is 0 Å². The summed E-state index contributed by atoms with van der Waals surface area (Å²) in [5.41, 5.74) is 8.66. The zero-order chi connectivity index (χ0) is 17.1. The lowest BCUT2D eigenvalue weighted by atomic mass is 9.83. The molecule has 2 saturated heterocycles. The molecule has 6 heteroatoms. The molecule has 3 unspecified atom stereocenters. The molecule has 1 aromatic carbocycles. The number of fused-ring (bicyclic) bond motifs is 1. The van der Waals surface area contributed by atoms with Crippen LogP contribution in [0.4, 0.5) is 0 Å². The predicted octanol–water partition coefficient (Wildman–Crippen LogP) is 1.61. The lowest BCUT2D eigenvalue weighted by Crippen LogP contribution is -2.44. The Morgan fingerprint density at radius 2 is 2.00 bits per heavy atom. The van der Waals surface area contributed by atoms with Crippen LogP contribution in [-0.4, -0.2) is 54.0 Å². The molecular weight excluding hydrogens is 332 g/mol. The highest BCUT2D eigenvalue weighted by Crippen LogP contribution is 2.26. The van der Waals surface area contributed by atoms with Crippen molar-refractivity contribution in [3.05, 3.63) is 35.4 Å². The number of hydrogen-bond acceptors (Lipinski definition) is 5. The molecule has 25 heavy (non-hydrogen) atoms. The van der Waals surface area contributed by atoms with Gasteiger partial charge < -0.3 is 5.32 Å². The van der Waals surface area contributed by atoms with Crippen LogP contribution in [0.5, 0.6) is 0 Å². The first-order chi connectivity index (χ1) is 12.3. The van der Waals surface area contributed by atoms with Crippen molar-refractivity contribution in [2.45, 2.75) is 37.9 Å². The zero-order valence-corrected chi connectivity index (χ0v) is 15.5. The van der Waals surface area contributed by atoms with E-state index in [1.807, 2.05) is 23.9 Å². The SMILES string of the molecule is O=C(NC1CCC2NNCC2C1)c1ccc(CN2CCSCC2)cc1. The van der Waals surface area contributed by atoms with Crippen molar-refractivity contribution in [1.82, 2.24) is 21.1 Å². The number of nitrogens with zero attached hydrogens (tertiary/aromatic N) is 1. The first-order valence-electron chi connectivity index (χ1n) is 9.46. The molecule has 0 radical (unpaired) electrons. The van der Waals surface area contributed by atoms with Crippen LogP contribution in [0.15, 0.2) is 24.3 Å². The smallest absolute Gasteiger partial charge is 0.251 e. The fourth-order valence-corrected chi connectivity index (χ4v) is 5.16. The van der Waals surface area contributed by atoms with Gasteiger partial charge in [0, 0.05) is 55.3 Å². The summed E-state index contributed by atoms with van der Waals surface area (Å²) in [6.07, 6.45) is 3.27. The van der Waals surface area contributed by atoms with E-state index in [0.717, 1.165) is 37.9 Å². The maximum Gasteiger partial charge on any atom is 0.251 e. The summed E-state index contributed by atoms with van der Waals surface area (Å²) in [7, 11) is 0. The molecule has 4 rings (SSSR count). The highest BCUT2D eigenvalue weighted by atomic mass is 32.2. The van der Waals surface area contributed by atoms with Crippen molar-refractivity contribution in [2.24, 2.45) is 5.92 Å². The van der Waals surface area contributed by atoms with E-state index < -0.39 is 0 Å². The fraction of sp³-hybridized carbons (Fsp3) is 0.632. The Hall–Kier alpha value is -1.08. The number of benzene rings is 1. The van der Waals surface area contributed by atoms with Crippen molar-refractivity contribution < 1.29 is 4.79 Å². The van der Waals surface area contributed by atoms with Crippen molar-refractivity contribution in [3.8, 4) is 0 Å². The van der Waals surface area contributed by atoms with E-state index in [1.54, 1.807) is 0 Å². The van der Waals surface area contributed by atoms with E-state index in [0.29, 0.717) is 18.0 Å². The van der Waals surface area contributed by atoms with Gasteiger partial charge in [-0.05, 0) is 42.9 Å². The third-order valence-electron chi connectivity index (χ3n) is 5.70. The third kappa shape index (κ3) is 4.37.